The van der Waals surface area contributed by atoms with Gasteiger partial charge < -0.3 is 10.2 Å². The predicted octanol–water partition coefficient (Wildman–Crippen LogP) is 3.34. The van der Waals surface area contributed by atoms with Crippen molar-refractivity contribution in [3.05, 3.63) is 96.1 Å². The molecule has 0 spiro atoms. The molecule has 37 heavy (non-hydrogen) atoms. The third kappa shape index (κ3) is 5.95. The molecule has 0 bridgehead atoms. The molecule has 3 aromatic rings. The largest absolute Gasteiger partial charge is 0.325 e. The van der Waals surface area contributed by atoms with E-state index in [2.05, 4.69) is 10.0 Å². The van der Waals surface area contributed by atoms with Crippen LogP contribution in [0.4, 0.5) is 5.69 Å². The van der Waals surface area contributed by atoms with Gasteiger partial charge >= 0.3 is 0 Å². The molecular formula is C28H30N4O4S. The van der Waals surface area contributed by atoms with E-state index in [-0.39, 0.29) is 17.2 Å². The van der Waals surface area contributed by atoms with E-state index >= 15 is 0 Å². The van der Waals surface area contributed by atoms with Crippen LogP contribution in [0.15, 0.2) is 94.8 Å². The third-order valence-corrected chi connectivity index (χ3v) is 7.53. The second-order valence-electron chi connectivity index (χ2n) is 9.29. The van der Waals surface area contributed by atoms with E-state index in [4.69, 9.17) is 4.99 Å². The molecular weight excluding hydrogens is 488 g/mol. The maximum absolute atomic E-state index is 13.5. The Labute approximate surface area is 217 Å². The second kappa shape index (κ2) is 11.1. The Hall–Kier alpha value is -3.82. The van der Waals surface area contributed by atoms with Gasteiger partial charge in [-0.1, -0.05) is 80.6 Å². The topological polar surface area (TPSA) is 108 Å². The quantitative estimate of drug-likeness (QED) is 0.477. The first-order chi connectivity index (χ1) is 17.7. The van der Waals surface area contributed by atoms with Crippen molar-refractivity contribution in [2.45, 2.75) is 37.4 Å². The molecule has 8 nitrogen and oxygen atoms in total. The van der Waals surface area contributed by atoms with Crippen LogP contribution in [-0.4, -0.2) is 45.2 Å². The van der Waals surface area contributed by atoms with Gasteiger partial charge in [0.15, 0.2) is 0 Å². The Kier molecular flexibility index (Phi) is 7.85. The zero-order valence-electron chi connectivity index (χ0n) is 21.0. The molecule has 1 aliphatic rings. The smallest absolute Gasteiger partial charge is 0.272 e. The number of nitrogens with one attached hydrogen (secondary N) is 2. The van der Waals surface area contributed by atoms with Gasteiger partial charge in [0.05, 0.1) is 16.3 Å². The van der Waals surface area contributed by atoms with Crippen molar-refractivity contribution in [2.24, 2.45) is 10.9 Å². The maximum atomic E-state index is 13.5. The monoisotopic (exact) mass is 518 g/mol. The Morgan fingerprint density at radius 2 is 1.54 bits per heavy atom. The van der Waals surface area contributed by atoms with Crippen LogP contribution in [0.2, 0.25) is 0 Å². The standard InChI is InChI=1S/C28H30N4O4S/c1-19(2)18-23(31-37(35,36)21-14-8-5-9-15-21)27(33)30-26-28(34)32(3)24-17-11-10-16-22(24)25(29-26)20-12-6-4-7-13-20/h4-17,19,23,26,31H,18H2,1-3H3,(H,30,33). The number of amides is 2. The summed E-state index contributed by atoms with van der Waals surface area (Å²) in [4.78, 5) is 33.1. The highest BCUT2D eigenvalue weighted by Crippen LogP contribution is 2.27. The lowest BCUT2D eigenvalue weighted by atomic mass is 10.0. The zero-order chi connectivity index (χ0) is 26.6. The Bertz CT molecular complexity index is 1410. The van der Waals surface area contributed by atoms with Crippen LogP contribution in [0.1, 0.15) is 31.4 Å². The summed E-state index contributed by atoms with van der Waals surface area (Å²) in [5.74, 6) is -1.04. The van der Waals surface area contributed by atoms with Crippen molar-refractivity contribution < 1.29 is 18.0 Å². The fourth-order valence-electron chi connectivity index (χ4n) is 4.21. The van der Waals surface area contributed by atoms with Crippen LogP contribution in [0.3, 0.4) is 0 Å². The Morgan fingerprint density at radius 3 is 2.19 bits per heavy atom. The number of carbonyl (C=O) groups is 2. The Morgan fingerprint density at radius 1 is 0.946 bits per heavy atom. The van der Waals surface area contributed by atoms with Gasteiger partial charge in [-0.25, -0.2) is 13.4 Å². The van der Waals surface area contributed by atoms with E-state index in [9.17, 15) is 18.0 Å². The minimum Gasteiger partial charge on any atom is -0.325 e. The van der Waals surface area contributed by atoms with E-state index in [1.165, 1.54) is 17.0 Å². The van der Waals surface area contributed by atoms with E-state index in [1.54, 1.807) is 25.2 Å². The molecule has 4 rings (SSSR count). The minimum absolute atomic E-state index is 0.00867. The van der Waals surface area contributed by atoms with Crippen LogP contribution in [0, 0.1) is 5.92 Å². The number of sulfonamides is 1. The first-order valence-electron chi connectivity index (χ1n) is 12.1. The number of benzene rings is 3. The Balaban J connectivity index is 1.68. The first-order valence-corrected chi connectivity index (χ1v) is 13.5. The molecule has 1 heterocycles. The number of carbonyl (C=O) groups excluding carboxylic acids is 2. The normalized spacial score (nSPS) is 16.5. The van der Waals surface area contributed by atoms with E-state index in [1.807, 2.05) is 68.4 Å². The van der Waals surface area contributed by atoms with Crippen LogP contribution in [0.25, 0.3) is 0 Å². The van der Waals surface area contributed by atoms with Crippen molar-refractivity contribution in [3.8, 4) is 0 Å². The number of anilines is 1. The van der Waals surface area contributed by atoms with Gasteiger partial charge in [-0.15, -0.1) is 0 Å². The van der Waals surface area contributed by atoms with Crippen molar-refractivity contribution in [2.75, 3.05) is 11.9 Å². The molecule has 0 aliphatic carbocycles. The van der Waals surface area contributed by atoms with E-state index in [0.29, 0.717) is 11.4 Å². The molecule has 2 atom stereocenters. The summed E-state index contributed by atoms with van der Waals surface area (Å²) in [6.07, 6.45) is -1.000. The van der Waals surface area contributed by atoms with Gasteiger partial charge in [0, 0.05) is 18.2 Å². The molecule has 9 heteroatoms. The minimum atomic E-state index is -3.96. The second-order valence-corrected chi connectivity index (χ2v) is 11.0. The first kappa shape index (κ1) is 26.2. The van der Waals surface area contributed by atoms with Crippen LogP contribution in [-0.2, 0) is 19.6 Å². The summed E-state index contributed by atoms with van der Waals surface area (Å²) in [5, 5.41) is 2.71. The molecule has 0 aromatic heterocycles. The molecule has 0 fully saturated rings. The number of hydrogen-bond acceptors (Lipinski definition) is 5. The van der Waals surface area contributed by atoms with Gasteiger partial charge in [0.1, 0.15) is 6.04 Å². The lowest BCUT2D eigenvalue weighted by Gasteiger charge is -2.24. The summed E-state index contributed by atoms with van der Waals surface area (Å²) < 4.78 is 28.5. The fourth-order valence-corrected chi connectivity index (χ4v) is 5.44. The maximum Gasteiger partial charge on any atom is 0.272 e. The number of nitrogens with zero attached hydrogens (tertiary/aromatic N) is 2. The van der Waals surface area contributed by atoms with E-state index in [0.717, 1.165) is 11.1 Å². The number of likely N-dealkylation sites (N-methyl/N-ethyl adjacent to an activating group) is 1. The molecule has 0 saturated carbocycles. The van der Waals surface area contributed by atoms with Crippen molar-refractivity contribution >= 4 is 33.2 Å². The highest BCUT2D eigenvalue weighted by atomic mass is 32.2. The molecule has 3 aromatic carbocycles. The summed E-state index contributed by atoms with van der Waals surface area (Å²) in [6, 6.07) is 23.6. The SMILES string of the molecule is CC(C)CC(NS(=O)(=O)c1ccccc1)C(=O)NC1N=C(c2ccccc2)c2ccccc2N(C)C1=O. The number of benzodiazepines with no additional fused rings is 1. The molecule has 1 aliphatic heterocycles. The lowest BCUT2D eigenvalue weighted by molar-refractivity contribution is -0.128. The van der Waals surface area contributed by atoms with Gasteiger partial charge in [0.25, 0.3) is 5.91 Å². The number of fused-ring (bicyclic) bond motifs is 1. The van der Waals surface area contributed by atoms with Crippen molar-refractivity contribution in [1.29, 1.82) is 0 Å². The molecule has 2 amide bonds. The van der Waals surface area contributed by atoms with Crippen molar-refractivity contribution in [3.63, 3.8) is 0 Å². The molecule has 192 valence electrons. The van der Waals surface area contributed by atoms with Gasteiger partial charge in [-0.2, -0.15) is 4.72 Å². The van der Waals surface area contributed by atoms with Crippen LogP contribution in [0.5, 0.6) is 0 Å². The summed E-state index contributed by atoms with van der Waals surface area (Å²) in [5.41, 5.74) is 2.77. The number of aliphatic imine (C=N–C) groups is 1. The molecule has 2 N–H and O–H groups in total. The number of para-hydroxylation sites is 1. The van der Waals surface area contributed by atoms with Gasteiger partial charge in [-0.05, 0) is 30.5 Å². The number of rotatable bonds is 8. The zero-order valence-corrected chi connectivity index (χ0v) is 21.8. The fraction of sp³-hybridized carbons (Fsp3) is 0.250. The van der Waals surface area contributed by atoms with E-state index < -0.39 is 34.0 Å². The summed E-state index contributed by atoms with van der Waals surface area (Å²) >= 11 is 0. The molecule has 0 saturated heterocycles. The van der Waals surface area contributed by atoms with Crippen LogP contribution >= 0.6 is 0 Å². The third-order valence-electron chi connectivity index (χ3n) is 6.04. The highest BCUT2D eigenvalue weighted by Gasteiger charge is 2.34. The average molecular weight is 519 g/mol. The number of hydrogen-bond donors (Lipinski definition) is 2. The summed E-state index contributed by atoms with van der Waals surface area (Å²) in [7, 11) is -2.33. The average Bonchev–Trinajstić information content (AvgIpc) is 2.99. The van der Waals surface area contributed by atoms with Gasteiger partial charge in [0.2, 0.25) is 22.1 Å². The van der Waals surface area contributed by atoms with Gasteiger partial charge in [-0.3, -0.25) is 9.59 Å². The predicted molar refractivity (Wildman–Crippen MR) is 144 cm³/mol. The molecule has 0 radical (unpaired) electrons. The highest BCUT2D eigenvalue weighted by molar-refractivity contribution is 7.89. The van der Waals surface area contributed by atoms with Crippen LogP contribution < -0.4 is 14.9 Å². The van der Waals surface area contributed by atoms with Crippen molar-refractivity contribution in [1.82, 2.24) is 10.0 Å². The summed E-state index contributed by atoms with van der Waals surface area (Å²) in [6.45, 7) is 3.79. The molecule has 2 unspecified atom stereocenters. The lowest BCUT2D eigenvalue weighted by Crippen LogP contribution is -2.53.